The standard InChI is InChI=1S/C10H19N/c1-5-7-8-11-10(4)9(3)6-2/h7-9H,5-6H2,1-4H3/b8-7-,11-10?. The van der Waals surface area contributed by atoms with Crippen LogP contribution in [0, 0.1) is 5.92 Å². The molecule has 1 unspecified atom stereocenters. The van der Waals surface area contributed by atoms with Crippen LogP contribution in [0.25, 0.3) is 0 Å². The third kappa shape index (κ3) is 4.77. The first kappa shape index (κ1) is 10.4. The summed E-state index contributed by atoms with van der Waals surface area (Å²) in [5.41, 5.74) is 1.23. The lowest BCUT2D eigenvalue weighted by atomic mass is 10.0. The fraction of sp³-hybridized carbons (Fsp3) is 0.700. The van der Waals surface area contributed by atoms with Gasteiger partial charge in [-0.05, 0) is 25.7 Å². The Bertz CT molecular complexity index is 145. The Labute approximate surface area is 70.2 Å². The van der Waals surface area contributed by atoms with Gasteiger partial charge in [0.15, 0.2) is 0 Å². The maximum Gasteiger partial charge on any atom is 0.0227 e. The Kier molecular flexibility index (Phi) is 5.81. The Morgan fingerprint density at radius 1 is 1.45 bits per heavy atom. The van der Waals surface area contributed by atoms with E-state index >= 15 is 0 Å². The predicted octanol–water partition coefficient (Wildman–Crippen LogP) is 3.42. The molecule has 0 radical (unpaired) electrons. The molecular weight excluding hydrogens is 134 g/mol. The largest absolute Gasteiger partial charge is 0.266 e. The zero-order chi connectivity index (χ0) is 8.69. The molecule has 0 aliphatic rings. The minimum absolute atomic E-state index is 0.622. The van der Waals surface area contributed by atoms with Crippen molar-refractivity contribution in [2.45, 2.75) is 40.5 Å². The molecule has 0 aromatic carbocycles. The average Bonchev–Trinajstić information content (AvgIpc) is 2.03. The Balaban J connectivity index is 3.89. The monoisotopic (exact) mass is 153 g/mol. The van der Waals surface area contributed by atoms with Gasteiger partial charge >= 0.3 is 0 Å². The molecule has 1 heteroatoms. The summed E-state index contributed by atoms with van der Waals surface area (Å²) < 4.78 is 0. The van der Waals surface area contributed by atoms with Gasteiger partial charge in [0, 0.05) is 11.9 Å². The van der Waals surface area contributed by atoms with E-state index in [9.17, 15) is 0 Å². The molecule has 0 aliphatic heterocycles. The zero-order valence-corrected chi connectivity index (χ0v) is 8.09. The Hall–Kier alpha value is -0.590. The molecule has 0 aromatic rings. The highest BCUT2D eigenvalue weighted by atomic mass is 14.7. The number of hydrogen-bond donors (Lipinski definition) is 0. The third-order valence-corrected chi connectivity index (χ3v) is 1.94. The number of nitrogens with zero attached hydrogens (tertiary/aromatic N) is 1. The summed E-state index contributed by atoms with van der Waals surface area (Å²) in [5, 5.41) is 0. The fourth-order valence-electron chi connectivity index (χ4n) is 0.698. The molecule has 0 heterocycles. The van der Waals surface area contributed by atoms with Crippen LogP contribution in [-0.4, -0.2) is 5.71 Å². The van der Waals surface area contributed by atoms with E-state index < -0.39 is 0 Å². The van der Waals surface area contributed by atoms with Crippen molar-refractivity contribution in [1.82, 2.24) is 0 Å². The highest BCUT2D eigenvalue weighted by Crippen LogP contribution is 2.03. The molecular formula is C10H19N. The van der Waals surface area contributed by atoms with Crippen LogP contribution in [0.15, 0.2) is 17.3 Å². The highest BCUT2D eigenvalue weighted by Gasteiger charge is 1.99. The van der Waals surface area contributed by atoms with E-state index in [1.807, 2.05) is 6.20 Å². The molecule has 1 atom stereocenters. The number of hydrogen-bond acceptors (Lipinski definition) is 1. The smallest absolute Gasteiger partial charge is 0.0227 e. The van der Waals surface area contributed by atoms with Gasteiger partial charge in [0.2, 0.25) is 0 Å². The molecule has 0 saturated heterocycles. The summed E-state index contributed by atoms with van der Waals surface area (Å²) in [6, 6.07) is 0. The van der Waals surface area contributed by atoms with Crippen LogP contribution in [0.1, 0.15) is 40.5 Å². The first-order valence-corrected chi connectivity index (χ1v) is 4.41. The molecule has 0 aromatic heterocycles. The van der Waals surface area contributed by atoms with Crippen LogP contribution in [0.5, 0.6) is 0 Å². The van der Waals surface area contributed by atoms with E-state index in [1.165, 1.54) is 12.1 Å². The molecule has 1 nitrogen and oxygen atoms in total. The van der Waals surface area contributed by atoms with Crippen LogP contribution in [-0.2, 0) is 0 Å². The summed E-state index contributed by atoms with van der Waals surface area (Å²) >= 11 is 0. The normalized spacial score (nSPS) is 15.8. The first-order chi connectivity index (χ1) is 5.22. The van der Waals surface area contributed by atoms with Gasteiger partial charge in [-0.15, -0.1) is 0 Å². The van der Waals surface area contributed by atoms with E-state index in [-0.39, 0.29) is 0 Å². The van der Waals surface area contributed by atoms with E-state index in [1.54, 1.807) is 0 Å². The van der Waals surface area contributed by atoms with Crippen LogP contribution >= 0.6 is 0 Å². The second-order valence-corrected chi connectivity index (χ2v) is 2.87. The summed E-state index contributed by atoms with van der Waals surface area (Å²) in [6.07, 6.45) is 6.22. The van der Waals surface area contributed by atoms with E-state index in [4.69, 9.17) is 0 Å². The van der Waals surface area contributed by atoms with Crippen molar-refractivity contribution >= 4 is 5.71 Å². The number of rotatable bonds is 4. The van der Waals surface area contributed by atoms with Crippen LogP contribution in [0.3, 0.4) is 0 Å². The SMILES string of the molecule is CC/C=C\N=C(C)C(C)CC. The molecule has 0 rings (SSSR count). The summed E-state index contributed by atoms with van der Waals surface area (Å²) in [7, 11) is 0. The third-order valence-electron chi connectivity index (χ3n) is 1.94. The number of allylic oxidation sites excluding steroid dienone is 1. The molecule has 11 heavy (non-hydrogen) atoms. The molecule has 64 valence electrons. The number of aliphatic imine (C=N–C) groups is 1. The lowest BCUT2D eigenvalue weighted by Gasteiger charge is -2.05. The Morgan fingerprint density at radius 3 is 2.55 bits per heavy atom. The van der Waals surface area contributed by atoms with Gasteiger partial charge in [-0.25, -0.2) is 0 Å². The van der Waals surface area contributed by atoms with Crippen molar-refractivity contribution < 1.29 is 0 Å². The van der Waals surface area contributed by atoms with Crippen LogP contribution < -0.4 is 0 Å². The van der Waals surface area contributed by atoms with Crippen molar-refractivity contribution in [3.05, 3.63) is 12.3 Å². The summed E-state index contributed by atoms with van der Waals surface area (Å²) in [5.74, 6) is 0.622. The Morgan fingerprint density at radius 2 is 2.09 bits per heavy atom. The molecule has 0 bridgehead atoms. The van der Waals surface area contributed by atoms with Gasteiger partial charge in [0.05, 0.1) is 0 Å². The molecule has 0 aliphatic carbocycles. The second-order valence-electron chi connectivity index (χ2n) is 2.87. The van der Waals surface area contributed by atoms with Crippen molar-refractivity contribution in [3.63, 3.8) is 0 Å². The van der Waals surface area contributed by atoms with Gasteiger partial charge in [0.25, 0.3) is 0 Å². The van der Waals surface area contributed by atoms with Gasteiger partial charge in [-0.2, -0.15) is 0 Å². The van der Waals surface area contributed by atoms with Crippen molar-refractivity contribution in [2.75, 3.05) is 0 Å². The quantitative estimate of drug-likeness (QED) is 0.549. The van der Waals surface area contributed by atoms with Gasteiger partial charge in [-0.3, -0.25) is 4.99 Å². The minimum Gasteiger partial charge on any atom is -0.266 e. The van der Waals surface area contributed by atoms with Gasteiger partial charge in [-0.1, -0.05) is 26.8 Å². The lowest BCUT2D eigenvalue weighted by Crippen LogP contribution is -2.04. The van der Waals surface area contributed by atoms with E-state index in [0.717, 1.165) is 6.42 Å². The maximum absolute atomic E-state index is 4.32. The maximum atomic E-state index is 4.32. The first-order valence-electron chi connectivity index (χ1n) is 4.41. The summed E-state index contributed by atoms with van der Waals surface area (Å²) in [4.78, 5) is 4.32. The average molecular weight is 153 g/mol. The molecule has 0 spiro atoms. The molecule has 0 fully saturated rings. The van der Waals surface area contributed by atoms with Crippen LogP contribution in [0.4, 0.5) is 0 Å². The van der Waals surface area contributed by atoms with Crippen molar-refractivity contribution in [3.8, 4) is 0 Å². The van der Waals surface area contributed by atoms with Gasteiger partial charge in [0.1, 0.15) is 0 Å². The topological polar surface area (TPSA) is 12.4 Å². The highest BCUT2D eigenvalue weighted by molar-refractivity contribution is 5.84. The molecule has 0 saturated carbocycles. The molecule has 0 amide bonds. The van der Waals surface area contributed by atoms with Crippen molar-refractivity contribution in [2.24, 2.45) is 10.9 Å². The van der Waals surface area contributed by atoms with Crippen molar-refractivity contribution in [1.29, 1.82) is 0 Å². The zero-order valence-electron chi connectivity index (χ0n) is 8.09. The van der Waals surface area contributed by atoms with E-state index in [2.05, 4.69) is 38.8 Å². The predicted molar refractivity (Wildman–Crippen MR) is 52.0 cm³/mol. The molecule has 0 N–H and O–H groups in total. The minimum atomic E-state index is 0.622. The lowest BCUT2D eigenvalue weighted by molar-refractivity contribution is 0.736. The second kappa shape index (κ2) is 6.14. The van der Waals surface area contributed by atoms with Crippen LogP contribution in [0.2, 0.25) is 0 Å². The fourth-order valence-corrected chi connectivity index (χ4v) is 0.698. The van der Waals surface area contributed by atoms with E-state index in [0.29, 0.717) is 5.92 Å². The van der Waals surface area contributed by atoms with Gasteiger partial charge < -0.3 is 0 Å². The summed E-state index contributed by atoms with van der Waals surface area (Å²) in [6.45, 7) is 8.60.